The van der Waals surface area contributed by atoms with E-state index in [9.17, 15) is 18.4 Å². The highest BCUT2D eigenvalue weighted by Gasteiger charge is 2.41. The maximum atomic E-state index is 13.4. The molecule has 1 heterocycles. The molecular weight excluding hydrogens is 264 g/mol. The van der Waals surface area contributed by atoms with E-state index >= 15 is 0 Å². The second-order valence-electron chi connectivity index (χ2n) is 3.45. The number of alkyl halides is 2. The number of carbonyl (C=O) groups excluding carboxylic acids is 2. The first-order valence-electron chi connectivity index (χ1n) is 5.53. The summed E-state index contributed by atoms with van der Waals surface area (Å²) in [4.78, 5) is 22.2. The quantitative estimate of drug-likeness (QED) is 0.710. The second kappa shape index (κ2) is 6.21. The van der Waals surface area contributed by atoms with Crippen LogP contribution in [0.3, 0.4) is 0 Å². The van der Waals surface area contributed by atoms with E-state index in [1.165, 1.54) is 6.92 Å². The summed E-state index contributed by atoms with van der Waals surface area (Å²) in [6.45, 7) is 1.93. The van der Waals surface area contributed by atoms with Crippen molar-refractivity contribution in [3.05, 3.63) is 11.9 Å². The highest BCUT2D eigenvalue weighted by Crippen LogP contribution is 2.18. The number of hydrogen-bond donors (Lipinski definition) is 0. The van der Waals surface area contributed by atoms with Crippen molar-refractivity contribution in [1.82, 2.24) is 15.0 Å². The lowest BCUT2D eigenvalue weighted by molar-refractivity contribution is -0.173. The van der Waals surface area contributed by atoms with E-state index in [2.05, 4.69) is 19.8 Å². The Kier molecular flexibility index (Phi) is 4.90. The molecule has 19 heavy (non-hydrogen) atoms. The molecule has 106 valence electrons. The lowest BCUT2D eigenvalue weighted by Gasteiger charge is -2.13. The molecule has 0 amide bonds. The highest BCUT2D eigenvalue weighted by atomic mass is 19.3. The Bertz CT molecular complexity index is 461. The number of hydrogen-bond acceptors (Lipinski definition) is 6. The monoisotopic (exact) mass is 277 g/mol. The molecule has 0 saturated heterocycles. The highest BCUT2D eigenvalue weighted by molar-refractivity contribution is 5.86. The van der Waals surface area contributed by atoms with Crippen molar-refractivity contribution in [1.29, 1.82) is 0 Å². The van der Waals surface area contributed by atoms with Gasteiger partial charge in [-0.3, -0.25) is 0 Å². The van der Waals surface area contributed by atoms with E-state index in [1.54, 1.807) is 6.92 Å². The van der Waals surface area contributed by atoms with Crippen LogP contribution in [-0.2, 0) is 20.8 Å². The lowest BCUT2D eigenvalue weighted by atomic mass is 10.3. The first-order chi connectivity index (χ1) is 8.90. The van der Waals surface area contributed by atoms with E-state index in [1.807, 2.05) is 0 Å². The van der Waals surface area contributed by atoms with Gasteiger partial charge in [0.05, 0.1) is 19.4 Å². The van der Waals surface area contributed by atoms with Crippen LogP contribution < -0.4 is 0 Å². The average Bonchev–Trinajstić information content (AvgIpc) is 2.77. The zero-order valence-electron chi connectivity index (χ0n) is 10.4. The molecule has 0 aliphatic carbocycles. The third kappa shape index (κ3) is 3.97. The standard InChI is InChI=1S/C10H13F2N3O4/c1-3-18-8(16)7-5-15(14-13-7)6-10(11,12)9(17)19-4-2/h5H,3-4,6H2,1-2H3. The summed E-state index contributed by atoms with van der Waals surface area (Å²) in [6.07, 6.45) is 0.977. The number of rotatable bonds is 6. The van der Waals surface area contributed by atoms with E-state index < -0.39 is 24.4 Å². The Balaban J connectivity index is 2.72. The van der Waals surface area contributed by atoms with E-state index in [0.717, 1.165) is 6.20 Å². The summed E-state index contributed by atoms with van der Waals surface area (Å²) < 4.78 is 36.3. The van der Waals surface area contributed by atoms with Crippen LogP contribution in [0.25, 0.3) is 0 Å². The molecule has 0 aliphatic heterocycles. The van der Waals surface area contributed by atoms with Crippen LogP contribution in [0.5, 0.6) is 0 Å². The van der Waals surface area contributed by atoms with Crippen LogP contribution in [0.1, 0.15) is 24.3 Å². The van der Waals surface area contributed by atoms with Crippen molar-refractivity contribution in [2.24, 2.45) is 0 Å². The van der Waals surface area contributed by atoms with Gasteiger partial charge in [-0.15, -0.1) is 5.10 Å². The summed E-state index contributed by atoms with van der Waals surface area (Å²) in [6, 6.07) is 0. The smallest absolute Gasteiger partial charge is 0.379 e. The molecule has 0 aliphatic rings. The van der Waals surface area contributed by atoms with Crippen molar-refractivity contribution in [3.63, 3.8) is 0 Å². The van der Waals surface area contributed by atoms with Crippen molar-refractivity contribution >= 4 is 11.9 Å². The van der Waals surface area contributed by atoms with Crippen molar-refractivity contribution in [2.75, 3.05) is 13.2 Å². The van der Waals surface area contributed by atoms with Crippen molar-refractivity contribution < 1.29 is 27.8 Å². The van der Waals surface area contributed by atoms with Gasteiger partial charge >= 0.3 is 17.9 Å². The first kappa shape index (κ1) is 15.0. The predicted molar refractivity (Wildman–Crippen MR) is 57.6 cm³/mol. The fraction of sp³-hybridized carbons (Fsp3) is 0.600. The number of halogens is 2. The first-order valence-corrected chi connectivity index (χ1v) is 5.53. The van der Waals surface area contributed by atoms with Gasteiger partial charge in [0.1, 0.15) is 6.54 Å². The van der Waals surface area contributed by atoms with Crippen LogP contribution in [-0.4, -0.2) is 46.1 Å². The molecule has 0 aromatic carbocycles. The van der Waals surface area contributed by atoms with Crippen LogP contribution in [0, 0.1) is 0 Å². The van der Waals surface area contributed by atoms with Gasteiger partial charge in [-0.2, -0.15) is 8.78 Å². The number of aromatic nitrogens is 3. The Hall–Kier alpha value is -2.06. The fourth-order valence-corrected chi connectivity index (χ4v) is 1.18. The lowest BCUT2D eigenvalue weighted by Crippen LogP contribution is -2.35. The van der Waals surface area contributed by atoms with Gasteiger partial charge in [-0.25, -0.2) is 14.3 Å². The average molecular weight is 277 g/mol. The molecule has 0 bridgehead atoms. The van der Waals surface area contributed by atoms with Gasteiger partial charge < -0.3 is 9.47 Å². The van der Waals surface area contributed by atoms with Crippen LogP contribution in [0.4, 0.5) is 8.78 Å². The summed E-state index contributed by atoms with van der Waals surface area (Å²) in [7, 11) is 0. The van der Waals surface area contributed by atoms with Gasteiger partial charge in [0.15, 0.2) is 5.69 Å². The van der Waals surface area contributed by atoms with Gasteiger partial charge in [0, 0.05) is 0 Å². The summed E-state index contributed by atoms with van der Waals surface area (Å²) >= 11 is 0. The Morgan fingerprint density at radius 3 is 2.53 bits per heavy atom. The second-order valence-corrected chi connectivity index (χ2v) is 3.45. The third-order valence-corrected chi connectivity index (χ3v) is 1.96. The van der Waals surface area contributed by atoms with Gasteiger partial charge in [-0.05, 0) is 13.8 Å². The van der Waals surface area contributed by atoms with Gasteiger partial charge in [0.2, 0.25) is 0 Å². The maximum absolute atomic E-state index is 13.4. The van der Waals surface area contributed by atoms with Crippen LogP contribution in [0.15, 0.2) is 6.20 Å². The van der Waals surface area contributed by atoms with Crippen molar-refractivity contribution in [2.45, 2.75) is 26.3 Å². The minimum Gasteiger partial charge on any atom is -0.462 e. The molecule has 0 atom stereocenters. The topological polar surface area (TPSA) is 83.3 Å². The Morgan fingerprint density at radius 1 is 1.32 bits per heavy atom. The molecule has 0 fully saturated rings. The Labute approximate surface area is 107 Å². The molecule has 1 rings (SSSR count). The largest absolute Gasteiger partial charge is 0.462 e. The molecular formula is C10H13F2N3O4. The number of nitrogens with zero attached hydrogens (tertiary/aromatic N) is 3. The summed E-state index contributed by atoms with van der Waals surface area (Å²) in [5.74, 6) is -6.16. The molecule has 0 N–H and O–H groups in total. The summed E-state index contributed by atoms with van der Waals surface area (Å²) in [5.41, 5.74) is -0.207. The van der Waals surface area contributed by atoms with Crippen molar-refractivity contribution in [3.8, 4) is 0 Å². The minimum absolute atomic E-state index is 0.130. The number of esters is 2. The molecule has 1 aromatic heterocycles. The summed E-state index contributed by atoms with van der Waals surface area (Å²) in [5, 5.41) is 6.70. The molecule has 0 radical (unpaired) electrons. The predicted octanol–water partition coefficient (Wildman–Crippen LogP) is 0.653. The molecule has 7 nitrogen and oxygen atoms in total. The zero-order chi connectivity index (χ0) is 14.5. The number of ether oxygens (including phenoxy) is 2. The zero-order valence-corrected chi connectivity index (χ0v) is 10.4. The molecule has 0 spiro atoms. The maximum Gasteiger partial charge on any atom is 0.379 e. The Morgan fingerprint density at radius 2 is 1.95 bits per heavy atom. The molecule has 9 heteroatoms. The molecule has 0 unspecified atom stereocenters. The molecule has 1 aromatic rings. The van der Waals surface area contributed by atoms with Gasteiger partial charge in [-0.1, -0.05) is 5.21 Å². The van der Waals surface area contributed by atoms with E-state index in [0.29, 0.717) is 4.68 Å². The van der Waals surface area contributed by atoms with Gasteiger partial charge in [0.25, 0.3) is 0 Å². The normalized spacial score (nSPS) is 11.2. The minimum atomic E-state index is -3.74. The van der Waals surface area contributed by atoms with Crippen LogP contribution in [0.2, 0.25) is 0 Å². The SMILES string of the molecule is CCOC(=O)c1cn(CC(F)(F)C(=O)OCC)nn1. The van der Waals surface area contributed by atoms with Crippen LogP contribution >= 0.6 is 0 Å². The number of carbonyl (C=O) groups is 2. The molecule has 0 saturated carbocycles. The van der Waals surface area contributed by atoms with E-state index in [-0.39, 0.29) is 18.9 Å². The third-order valence-electron chi connectivity index (χ3n) is 1.96. The fourth-order valence-electron chi connectivity index (χ4n) is 1.18. The van der Waals surface area contributed by atoms with E-state index in [4.69, 9.17) is 0 Å².